The highest BCUT2D eigenvalue weighted by molar-refractivity contribution is 5.98. The Balaban J connectivity index is 2.61. The van der Waals surface area contributed by atoms with Crippen LogP contribution in [0.2, 0.25) is 0 Å². The molecule has 3 N–H and O–H groups in total. The summed E-state index contributed by atoms with van der Waals surface area (Å²) in [4.78, 5) is 47.3. The Kier molecular flexibility index (Phi) is 8.27. The molecule has 26 heavy (non-hydrogen) atoms. The van der Waals surface area contributed by atoms with E-state index < -0.39 is 36.5 Å². The van der Waals surface area contributed by atoms with Crippen molar-refractivity contribution in [3.63, 3.8) is 0 Å². The van der Waals surface area contributed by atoms with E-state index >= 15 is 0 Å². The fourth-order valence-electron chi connectivity index (χ4n) is 2.02. The van der Waals surface area contributed by atoms with E-state index in [1.54, 1.807) is 45.0 Å². The zero-order chi connectivity index (χ0) is 19.7. The highest BCUT2D eigenvalue weighted by Crippen LogP contribution is 2.08. The number of esters is 1. The molecule has 0 fully saturated rings. The van der Waals surface area contributed by atoms with Crippen molar-refractivity contribution in [3.8, 4) is 0 Å². The predicted octanol–water partition coefficient (Wildman–Crippen LogP) is 1.14. The lowest BCUT2D eigenvalue weighted by Gasteiger charge is -2.20. The van der Waals surface area contributed by atoms with Crippen LogP contribution < -0.4 is 16.0 Å². The average molecular weight is 363 g/mol. The van der Waals surface area contributed by atoms with Crippen LogP contribution in [-0.2, 0) is 14.3 Å². The minimum Gasteiger partial charge on any atom is -0.454 e. The van der Waals surface area contributed by atoms with E-state index in [2.05, 4.69) is 10.6 Å². The summed E-state index contributed by atoms with van der Waals surface area (Å²) in [6.45, 7) is 6.85. The van der Waals surface area contributed by atoms with Crippen molar-refractivity contribution in [1.29, 1.82) is 0 Å². The SMILES string of the molecule is CCNC(=O)NC(=O)COC(=O)[C@@H](NC(=O)c1ccc(C)cc1)C(C)C. The van der Waals surface area contributed by atoms with E-state index in [0.29, 0.717) is 12.1 Å². The fraction of sp³-hybridized carbons (Fsp3) is 0.444. The van der Waals surface area contributed by atoms with Crippen molar-refractivity contribution in [1.82, 2.24) is 16.0 Å². The van der Waals surface area contributed by atoms with E-state index in [0.717, 1.165) is 5.56 Å². The predicted molar refractivity (Wildman–Crippen MR) is 95.4 cm³/mol. The normalized spacial score (nSPS) is 11.4. The van der Waals surface area contributed by atoms with Crippen LogP contribution in [0.5, 0.6) is 0 Å². The molecule has 0 bridgehead atoms. The van der Waals surface area contributed by atoms with Gasteiger partial charge in [-0.25, -0.2) is 9.59 Å². The van der Waals surface area contributed by atoms with Gasteiger partial charge in [-0.2, -0.15) is 0 Å². The van der Waals surface area contributed by atoms with E-state index in [-0.39, 0.29) is 5.92 Å². The van der Waals surface area contributed by atoms with E-state index in [9.17, 15) is 19.2 Å². The van der Waals surface area contributed by atoms with E-state index in [1.807, 2.05) is 12.2 Å². The summed E-state index contributed by atoms with van der Waals surface area (Å²) in [5, 5.41) is 7.02. The van der Waals surface area contributed by atoms with Crippen molar-refractivity contribution in [2.45, 2.75) is 33.7 Å². The number of carbonyl (C=O) groups is 4. The van der Waals surface area contributed by atoms with Gasteiger partial charge >= 0.3 is 12.0 Å². The quantitative estimate of drug-likeness (QED) is 0.629. The van der Waals surface area contributed by atoms with Gasteiger partial charge in [-0.05, 0) is 31.9 Å². The van der Waals surface area contributed by atoms with Crippen molar-refractivity contribution in [3.05, 3.63) is 35.4 Å². The van der Waals surface area contributed by atoms with E-state index in [4.69, 9.17) is 4.74 Å². The number of urea groups is 1. The van der Waals surface area contributed by atoms with Gasteiger partial charge in [0.2, 0.25) is 0 Å². The Morgan fingerprint density at radius 2 is 1.69 bits per heavy atom. The van der Waals surface area contributed by atoms with Crippen LogP contribution in [-0.4, -0.2) is 43.0 Å². The summed E-state index contributed by atoms with van der Waals surface area (Å²) in [6, 6.07) is 5.33. The summed E-state index contributed by atoms with van der Waals surface area (Å²) in [5.74, 6) is -2.15. The first kappa shape index (κ1) is 21.1. The maximum absolute atomic E-state index is 12.3. The first-order valence-corrected chi connectivity index (χ1v) is 8.36. The Labute approximate surface area is 152 Å². The smallest absolute Gasteiger partial charge is 0.329 e. The van der Waals surface area contributed by atoms with Crippen molar-refractivity contribution >= 4 is 23.8 Å². The number of nitrogens with one attached hydrogen (secondary N) is 3. The van der Waals surface area contributed by atoms with Crippen molar-refractivity contribution in [2.75, 3.05) is 13.2 Å². The Bertz CT molecular complexity index is 655. The molecule has 0 spiro atoms. The molecule has 1 aromatic carbocycles. The van der Waals surface area contributed by atoms with Gasteiger partial charge in [0.25, 0.3) is 11.8 Å². The number of benzene rings is 1. The zero-order valence-corrected chi connectivity index (χ0v) is 15.4. The van der Waals surface area contributed by atoms with Gasteiger partial charge in [-0.15, -0.1) is 0 Å². The summed E-state index contributed by atoms with van der Waals surface area (Å²) in [6.07, 6.45) is 0. The molecule has 0 saturated carbocycles. The molecule has 0 saturated heterocycles. The average Bonchev–Trinajstić information content (AvgIpc) is 2.57. The van der Waals surface area contributed by atoms with Crippen LogP contribution in [0.25, 0.3) is 0 Å². The number of rotatable bonds is 7. The van der Waals surface area contributed by atoms with Gasteiger partial charge in [0, 0.05) is 12.1 Å². The monoisotopic (exact) mass is 363 g/mol. The fourth-order valence-corrected chi connectivity index (χ4v) is 2.02. The molecule has 0 unspecified atom stereocenters. The molecule has 1 rings (SSSR count). The molecule has 0 aliphatic carbocycles. The third-order valence-corrected chi connectivity index (χ3v) is 3.46. The maximum atomic E-state index is 12.3. The standard InChI is InChI=1S/C18H25N3O5/c1-5-19-18(25)20-14(22)10-26-17(24)15(11(2)3)21-16(23)13-8-6-12(4)7-9-13/h6-9,11,15H,5,10H2,1-4H3,(H,21,23)(H2,19,20,22,25)/t15-/m0/s1. The largest absolute Gasteiger partial charge is 0.454 e. The van der Waals surface area contributed by atoms with Gasteiger partial charge in [0.1, 0.15) is 6.04 Å². The summed E-state index contributed by atoms with van der Waals surface area (Å²) >= 11 is 0. The summed E-state index contributed by atoms with van der Waals surface area (Å²) in [5.41, 5.74) is 1.43. The Morgan fingerprint density at radius 1 is 1.08 bits per heavy atom. The minimum atomic E-state index is -0.916. The second-order valence-corrected chi connectivity index (χ2v) is 6.08. The molecule has 0 aromatic heterocycles. The van der Waals surface area contributed by atoms with Gasteiger partial charge in [-0.3, -0.25) is 14.9 Å². The molecule has 142 valence electrons. The second kappa shape index (κ2) is 10.2. The number of ether oxygens (including phenoxy) is 1. The number of imide groups is 1. The molecule has 1 atom stereocenters. The molecule has 0 heterocycles. The molecule has 8 heteroatoms. The van der Waals surface area contributed by atoms with Crippen LogP contribution in [0.1, 0.15) is 36.7 Å². The number of aryl methyl sites for hydroxylation is 1. The third kappa shape index (κ3) is 6.92. The van der Waals surface area contributed by atoms with Crippen LogP contribution in [0, 0.1) is 12.8 Å². The summed E-state index contributed by atoms with van der Waals surface area (Å²) in [7, 11) is 0. The minimum absolute atomic E-state index is 0.247. The van der Waals surface area contributed by atoms with Crippen LogP contribution in [0.3, 0.4) is 0 Å². The second-order valence-electron chi connectivity index (χ2n) is 6.08. The van der Waals surface area contributed by atoms with Gasteiger partial charge < -0.3 is 15.4 Å². The number of amides is 4. The molecular weight excluding hydrogens is 338 g/mol. The lowest BCUT2D eigenvalue weighted by Crippen LogP contribution is -2.47. The summed E-state index contributed by atoms with van der Waals surface area (Å²) < 4.78 is 4.92. The van der Waals surface area contributed by atoms with Crippen LogP contribution >= 0.6 is 0 Å². The molecule has 1 aromatic rings. The van der Waals surface area contributed by atoms with Crippen LogP contribution in [0.4, 0.5) is 4.79 Å². The molecule has 4 amide bonds. The van der Waals surface area contributed by atoms with Crippen molar-refractivity contribution < 1.29 is 23.9 Å². The van der Waals surface area contributed by atoms with Gasteiger partial charge in [-0.1, -0.05) is 31.5 Å². The molecular formula is C18H25N3O5. The zero-order valence-electron chi connectivity index (χ0n) is 15.4. The Hall–Kier alpha value is -2.90. The number of carbonyl (C=O) groups excluding carboxylic acids is 4. The molecule has 0 radical (unpaired) electrons. The number of hydrogen-bond donors (Lipinski definition) is 3. The Morgan fingerprint density at radius 3 is 2.23 bits per heavy atom. The molecule has 0 aliphatic heterocycles. The van der Waals surface area contributed by atoms with E-state index in [1.165, 1.54) is 0 Å². The lowest BCUT2D eigenvalue weighted by molar-refractivity contribution is -0.151. The first-order chi connectivity index (χ1) is 12.2. The maximum Gasteiger partial charge on any atom is 0.329 e. The molecule has 8 nitrogen and oxygen atoms in total. The highest BCUT2D eigenvalue weighted by atomic mass is 16.5. The highest BCUT2D eigenvalue weighted by Gasteiger charge is 2.27. The first-order valence-electron chi connectivity index (χ1n) is 8.36. The topological polar surface area (TPSA) is 114 Å². The molecule has 0 aliphatic rings. The van der Waals surface area contributed by atoms with Gasteiger partial charge in [0.15, 0.2) is 6.61 Å². The van der Waals surface area contributed by atoms with Crippen molar-refractivity contribution in [2.24, 2.45) is 5.92 Å². The van der Waals surface area contributed by atoms with Gasteiger partial charge in [0.05, 0.1) is 0 Å². The lowest BCUT2D eigenvalue weighted by atomic mass is 10.0. The third-order valence-electron chi connectivity index (χ3n) is 3.46. The number of hydrogen-bond acceptors (Lipinski definition) is 5. The van der Waals surface area contributed by atoms with Crippen LogP contribution in [0.15, 0.2) is 24.3 Å².